The van der Waals surface area contributed by atoms with Crippen molar-refractivity contribution < 1.29 is 17.9 Å². The molecule has 0 atom stereocenters. The molecule has 7 heteroatoms. The number of anilines is 1. The molecule has 0 saturated heterocycles. The summed E-state index contributed by atoms with van der Waals surface area (Å²) in [5.41, 5.74) is 3.01. The lowest BCUT2D eigenvalue weighted by Crippen LogP contribution is -2.24. The Morgan fingerprint density at radius 2 is 1.68 bits per heavy atom. The highest BCUT2D eigenvalue weighted by molar-refractivity contribution is 7.92. The largest absolute Gasteiger partial charge is 0.497 e. The Hall–Kier alpha value is -3.32. The van der Waals surface area contributed by atoms with Crippen molar-refractivity contribution in [1.29, 1.82) is 0 Å². The number of carbonyl (C=O) groups is 1. The van der Waals surface area contributed by atoms with Crippen molar-refractivity contribution in [3.8, 4) is 5.75 Å². The van der Waals surface area contributed by atoms with Crippen molar-refractivity contribution in [3.63, 3.8) is 0 Å². The summed E-state index contributed by atoms with van der Waals surface area (Å²) < 4.78 is 32.7. The van der Waals surface area contributed by atoms with Crippen LogP contribution in [-0.2, 0) is 16.4 Å². The number of benzene rings is 3. The number of amides is 1. The highest BCUT2D eigenvalue weighted by atomic mass is 32.2. The third-order valence-electron chi connectivity index (χ3n) is 4.79. The Kier molecular flexibility index (Phi) is 7.31. The predicted octanol–water partition coefficient (Wildman–Crippen LogP) is 4.17. The van der Waals surface area contributed by atoms with E-state index < -0.39 is 10.0 Å². The highest BCUT2D eigenvalue weighted by Gasteiger charge is 2.14. The number of rotatable bonds is 9. The fourth-order valence-electron chi connectivity index (χ4n) is 3.05. The Balaban J connectivity index is 1.51. The number of nitrogens with one attached hydrogen (secondary N) is 2. The standard InChI is InChI=1S/C24H26N2O4S/c1-18-8-14-23(15-9-18)31(28,29)26-21-12-10-20(11-13-21)24(27)25-16-4-6-19-5-3-7-22(17-19)30-2/h3,5,7-15,17,26H,4,6,16H2,1-2H3,(H,25,27). The molecule has 0 saturated carbocycles. The molecule has 0 fully saturated rings. The second kappa shape index (κ2) is 10.1. The zero-order valence-electron chi connectivity index (χ0n) is 17.6. The monoisotopic (exact) mass is 438 g/mol. The molecule has 0 aliphatic carbocycles. The van der Waals surface area contributed by atoms with E-state index in [1.54, 1.807) is 55.6 Å². The molecule has 6 nitrogen and oxygen atoms in total. The highest BCUT2D eigenvalue weighted by Crippen LogP contribution is 2.17. The summed E-state index contributed by atoms with van der Waals surface area (Å²) in [5, 5.41) is 2.89. The van der Waals surface area contributed by atoms with Crippen LogP contribution in [0.5, 0.6) is 5.75 Å². The van der Waals surface area contributed by atoms with Crippen LogP contribution < -0.4 is 14.8 Å². The van der Waals surface area contributed by atoms with Crippen molar-refractivity contribution in [2.24, 2.45) is 0 Å². The van der Waals surface area contributed by atoms with Gasteiger partial charge in [0, 0.05) is 17.8 Å². The molecule has 1 amide bonds. The minimum Gasteiger partial charge on any atom is -0.497 e. The van der Waals surface area contributed by atoms with E-state index in [2.05, 4.69) is 10.0 Å². The maximum absolute atomic E-state index is 12.5. The number of carbonyl (C=O) groups excluding carboxylic acids is 1. The van der Waals surface area contributed by atoms with Gasteiger partial charge in [0.25, 0.3) is 15.9 Å². The normalized spacial score (nSPS) is 11.0. The van der Waals surface area contributed by atoms with Gasteiger partial charge in [-0.05, 0) is 73.9 Å². The molecule has 0 bridgehead atoms. The van der Waals surface area contributed by atoms with Gasteiger partial charge in [-0.3, -0.25) is 9.52 Å². The number of ether oxygens (including phenoxy) is 1. The van der Waals surface area contributed by atoms with E-state index in [1.165, 1.54) is 0 Å². The summed E-state index contributed by atoms with van der Waals surface area (Å²) in [6.07, 6.45) is 1.63. The van der Waals surface area contributed by atoms with Crippen molar-refractivity contribution >= 4 is 21.6 Å². The summed E-state index contributed by atoms with van der Waals surface area (Å²) in [5.74, 6) is 0.623. The number of hydrogen-bond donors (Lipinski definition) is 2. The number of methoxy groups -OCH3 is 1. The molecule has 0 aliphatic rings. The third kappa shape index (κ3) is 6.33. The third-order valence-corrected chi connectivity index (χ3v) is 6.19. The average molecular weight is 439 g/mol. The van der Waals surface area contributed by atoms with E-state index in [9.17, 15) is 13.2 Å². The van der Waals surface area contributed by atoms with E-state index in [0.717, 1.165) is 29.7 Å². The van der Waals surface area contributed by atoms with Crippen LogP contribution in [0, 0.1) is 6.92 Å². The van der Waals surface area contributed by atoms with E-state index in [1.807, 2.05) is 31.2 Å². The molecule has 0 heterocycles. The number of hydrogen-bond acceptors (Lipinski definition) is 4. The SMILES string of the molecule is COc1cccc(CCCNC(=O)c2ccc(NS(=O)(=O)c3ccc(C)cc3)cc2)c1. The lowest BCUT2D eigenvalue weighted by atomic mass is 10.1. The predicted molar refractivity (Wildman–Crippen MR) is 122 cm³/mol. The maximum Gasteiger partial charge on any atom is 0.261 e. The molecule has 2 N–H and O–H groups in total. The lowest BCUT2D eigenvalue weighted by molar-refractivity contribution is 0.0953. The van der Waals surface area contributed by atoms with Gasteiger partial charge < -0.3 is 10.1 Å². The van der Waals surface area contributed by atoms with Crippen molar-refractivity contribution in [2.75, 3.05) is 18.4 Å². The first-order valence-electron chi connectivity index (χ1n) is 9.98. The second-order valence-corrected chi connectivity index (χ2v) is 8.89. The first-order chi connectivity index (χ1) is 14.9. The first kappa shape index (κ1) is 22.4. The second-order valence-electron chi connectivity index (χ2n) is 7.21. The van der Waals surface area contributed by atoms with E-state index in [0.29, 0.717) is 17.8 Å². The molecule has 0 unspecified atom stereocenters. The summed E-state index contributed by atoms with van der Waals surface area (Å²) in [6, 6.07) is 20.8. The molecule has 0 aliphatic heterocycles. The van der Waals surface area contributed by atoms with Gasteiger partial charge >= 0.3 is 0 Å². The van der Waals surface area contributed by atoms with Gasteiger partial charge in [-0.1, -0.05) is 29.8 Å². The Bertz CT molecular complexity index is 1130. The zero-order chi connectivity index (χ0) is 22.3. The van der Waals surface area contributed by atoms with Crippen LogP contribution in [0.25, 0.3) is 0 Å². The van der Waals surface area contributed by atoms with Gasteiger partial charge in [0.15, 0.2) is 0 Å². The van der Waals surface area contributed by atoms with Gasteiger partial charge in [0.05, 0.1) is 12.0 Å². The van der Waals surface area contributed by atoms with Crippen LogP contribution in [-0.4, -0.2) is 28.0 Å². The molecular weight excluding hydrogens is 412 g/mol. The lowest BCUT2D eigenvalue weighted by Gasteiger charge is -2.10. The molecule has 0 aromatic heterocycles. The minimum atomic E-state index is -3.67. The fraction of sp³-hybridized carbons (Fsp3) is 0.208. The molecule has 31 heavy (non-hydrogen) atoms. The summed E-state index contributed by atoms with van der Waals surface area (Å²) in [4.78, 5) is 12.5. The van der Waals surface area contributed by atoms with Crippen LogP contribution in [0.15, 0.2) is 77.7 Å². The summed E-state index contributed by atoms with van der Waals surface area (Å²) in [6.45, 7) is 2.43. The maximum atomic E-state index is 12.5. The zero-order valence-corrected chi connectivity index (χ0v) is 18.4. The van der Waals surface area contributed by atoms with Crippen LogP contribution in [0.2, 0.25) is 0 Å². The van der Waals surface area contributed by atoms with Gasteiger partial charge in [0.2, 0.25) is 0 Å². The van der Waals surface area contributed by atoms with Crippen LogP contribution >= 0.6 is 0 Å². The average Bonchev–Trinajstić information content (AvgIpc) is 2.77. The smallest absolute Gasteiger partial charge is 0.261 e. The minimum absolute atomic E-state index is 0.191. The molecule has 3 rings (SSSR count). The fourth-order valence-corrected chi connectivity index (χ4v) is 4.10. The van der Waals surface area contributed by atoms with Crippen molar-refractivity contribution in [2.45, 2.75) is 24.7 Å². The Morgan fingerprint density at radius 3 is 2.35 bits per heavy atom. The molecule has 162 valence electrons. The van der Waals surface area contributed by atoms with Gasteiger partial charge in [0.1, 0.15) is 5.75 Å². The number of sulfonamides is 1. The number of aryl methyl sites for hydroxylation is 2. The van der Waals surface area contributed by atoms with Gasteiger partial charge in [-0.15, -0.1) is 0 Å². The van der Waals surface area contributed by atoms with Crippen LogP contribution in [0.4, 0.5) is 5.69 Å². The topological polar surface area (TPSA) is 84.5 Å². The van der Waals surface area contributed by atoms with E-state index >= 15 is 0 Å². The Morgan fingerprint density at radius 1 is 0.968 bits per heavy atom. The van der Waals surface area contributed by atoms with E-state index in [-0.39, 0.29) is 10.8 Å². The molecular formula is C24H26N2O4S. The van der Waals surface area contributed by atoms with Crippen LogP contribution in [0.3, 0.4) is 0 Å². The molecule has 0 spiro atoms. The van der Waals surface area contributed by atoms with Gasteiger partial charge in [-0.25, -0.2) is 8.42 Å². The van der Waals surface area contributed by atoms with Crippen molar-refractivity contribution in [1.82, 2.24) is 5.32 Å². The summed E-state index contributed by atoms with van der Waals surface area (Å²) >= 11 is 0. The van der Waals surface area contributed by atoms with Crippen LogP contribution in [0.1, 0.15) is 27.9 Å². The van der Waals surface area contributed by atoms with Crippen molar-refractivity contribution in [3.05, 3.63) is 89.5 Å². The Labute approximate surface area is 183 Å². The summed E-state index contributed by atoms with van der Waals surface area (Å²) in [7, 11) is -2.03. The van der Waals surface area contributed by atoms with Gasteiger partial charge in [-0.2, -0.15) is 0 Å². The molecule has 3 aromatic rings. The first-order valence-corrected chi connectivity index (χ1v) is 11.5. The molecule has 0 radical (unpaired) electrons. The van der Waals surface area contributed by atoms with E-state index in [4.69, 9.17) is 4.74 Å². The molecule has 3 aromatic carbocycles. The quantitative estimate of drug-likeness (QED) is 0.491.